The molecule has 0 radical (unpaired) electrons. The van der Waals surface area contributed by atoms with Crippen molar-refractivity contribution in [3.63, 3.8) is 0 Å². The quantitative estimate of drug-likeness (QED) is 0.900. The van der Waals surface area contributed by atoms with Gasteiger partial charge < -0.3 is 9.84 Å². The number of hydrogen-bond acceptors (Lipinski definition) is 5. The number of rotatable bonds is 3. The number of carbonyl (C=O) groups is 1. The molecule has 3 rings (SSSR count). The van der Waals surface area contributed by atoms with E-state index in [1.807, 2.05) is 0 Å². The Balaban J connectivity index is 1.94. The molecular weight excluding hydrogens is 290 g/mol. The molecule has 104 valence electrons. The highest BCUT2D eigenvalue weighted by molar-refractivity contribution is 7.89. The van der Waals surface area contributed by atoms with E-state index < -0.39 is 16.0 Å². The molecule has 2 bridgehead atoms. The van der Waals surface area contributed by atoms with Crippen LogP contribution in [0, 0.1) is 0 Å². The third kappa shape index (κ3) is 2.18. The van der Waals surface area contributed by atoms with Gasteiger partial charge in [-0.3, -0.25) is 0 Å². The summed E-state index contributed by atoms with van der Waals surface area (Å²) < 4.78 is 32.0. The fourth-order valence-electron chi connectivity index (χ4n) is 2.57. The fourth-order valence-corrected chi connectivity index (χ4v) is 5.31. The second kappa shape index (κ2) is 4.55. The van der Waals surface area contributed by atoms with Gasteiger partial charge in [0.05, 0.1) is 12.2 Å². The van der Waals surface area contributed by atoms with E-state index in [4.69, 9.17) is 9.84 Å². The maximum atomic E-state index is 12.5. The highest BCUT2D eigenvalue weighted by Gasteiger charge is 2.40. The largest absolute Gasteiger partial charge is 0.477 e. The molecule has 1 aromatic heterocycles. The summed E-state index contributed by atoms with van der Waals surface area (Å²) in [6.45, 7) is 0.626. The normalized spacial score (nSPS) is 27.6. The number of hydrogen-bond donors (Lipinski definition) is 1. The second-order valence-electron chi connectivity index (χ2n) is 4.70. The molecule has 19 heavy (non-hydrogen) atoms. The summed E-state index contributed by atoms with van der Waals surface area (Å²) in [4.78, 5) is 10.8. The predicted octanol–water partition coefficient (Wildman–Crippen LogP) is 0.998. The Hall–Kier alpha value is -0.960. The summed E-state index contributed by atoms with van der Waals surface area (Å²) in [5, 5.41) is 10.5. The SMILES string of the molecule is O=C(O)c1sccc1S(=O)(=O)N1CC2CCC(C1)O2. The topological polar surface area (TPSA) is 83.9 Å². The third-order valence-electron chi connectivity index (χ3n) is 3.45. The first-order valence-corrected chi connectivity index (χ1v) is 8.27. The zero-order chi connectivity index (χ0) is 13.6. The first kappa shape index (κ1) is 13.0. The Morgan fingerprint density at radius 1 is 1.37 bits per heavy atom. The van der Waals surface area contributed by atoms with Gasteiger partial charge in [0, 0.05) is 13.1 Å². The first-order chi connectivity index (χ1) is 8.98. The van der Waals surface area contributed by atoms with Crippen LogP contribution in [0.15, 0.2) is 16.3 Å². The average Bonchev–Trinajstić information content (AvgIpc) is 2.96. The van der Waals surface area contributed by atoms with E-state index in [2.05, 4.69) is 0 Å². The van der Waals surface area contributed by atoms with Crippen molar-refractivity contribution in [2.45, 2.75) is 29.9 Å². The van der Waals surface area contributed by atoms with Crippen LogP contribution < -0.4 is 0 Å². The molecule has 0 aromatic carbocycles. The predicted molar refractivity (Wildman–Crippen MR) is 67.9 cm³/mol. The lowest BCUT2D eigenvalue weighted by atomic mass is 10.2. The van der Waals surface area contributed by atoms with Gasteiger partial charge in [0.25, 0.3) is 0 Å². The molecule has 3 heterocycles. The molecule has 2 atom stereocenters. The molecule has 1 N–H and O–H groups in total. The zero-order valence-corrected chi connectivity index (χ0v) is 11.6. The van der Waals surface area contributed by atoms with Crippen molar-refractivity contribution in [2.24, 2.45) is 0 Å². The monoisotopic (exact) mass is 303 g/mol. The van der Waals surface area contributed by atoms with Crippen molar-refractivity contribution in [1.82, 2.24) is 4.31 Å². The Morgan fingerprint density at radius 2 is 2.00 bits per heavy atom. The minimum atomic E-state index is -3.74. The van der Waals surface area contributed by atoms with E-state index in [1.165, 1.54) is 15.8 Å². The van der Waals surface area contributed by atoms with Gasteiger partial charge in [0.2, 0.25) is 10.0 Å². The molecule has 8 heteroatoms. The number of fused-ring (bicyclic) bond motifs is 2. The maximum absolute atomic E-state index is 12.5. The van der Waals surface area contributed by atoms with E-state index in [1.54, 1.807) is 0 Å². The molecule has 6 nitrogen and oxygen atoms in total. The molecule has 2 aliphatic rings. The van der Waals surface area contributed by atoms with Crippen molar-refractivity contribution >= 4 is 27.3 Å². The standard InChI is InChI=1S/C11H13NO5S2/c13-11(14)10-9(3-4-18-10)19(15,16)12-5-7-1-2-8(6-12)17-7/h3-4,7-8H,1-2,5-6H2,(H,13,14). The summed E-state index contributed by atoms with van der Waals surface area (Å²) in [7, 11) is -3.74. The van der Waals surface area contributed by atoms with Crippen LogP contribution in [0.5, 0.6) is 0 Å². The molecule has 0 aliphatic carbocycles. The van der Waals surface area contributed by atoms with Crippen LogP contribution in [0.2, 0.25) is 0 Å². The molecule has 0 saturated carbocycles. The van der Waals surface area contributed by atoms with Crippen LogP contribution in [0.4, 0.5) is 0 Å². The lowest BCUT2D eigenvalue weighted by Gasteiger charge is -2.31. The van der Waals surface area contributed by atoms with Crippen molar-refractivity contribution < 1.29 is 23.1 Å². The summed E-state index contributed by atoms with van der Waals surface area (Å²) in [6, 6.07) is 1.36. The summed E-state index contributed by atoms with van der Waals surface area (Å²) >= 11 is 0.929. The van der Waals surface area contributed by atoms with Crippen molar-refractivity contribution in [2.75, 3.05) is 13.1 Å². The molecule has 2 unspecified atom stereocenters. The van der Waals surface area contributed by atoms with Gasteiger partial charge >= 0.3 is 5.97 Å². The molecule has 2 aliphatic heterocycles. The van der Waals surface area contributed by atoms with Crippen molar-refractivity contribution in [3.8, 4) is 0 Å². The van der Waals surface area contributed by atoms with E-state index in [-0.39, 0.29) is 22.0 Å². The summed E-state index contributed by atoms with van der Waals surface area (Å²) in [5.74, 6) is -1.20. The first-order valence-electron chi connectivity index (χ1n) is 5.95. The van der Waals surface area contributed by atoms with Gasteiger partial charge in [-0.2, -0.15) is 4.31 Å². The van der Waals surface area contributed by atoms with Gasteiger partial charge in [-0.1, -0.05) is 0 Å². The molecule has 0 spiro atoms. The zero-order valence-electron chi connectivity index (χ0n) is 9.98. The lowest BCUT2D eigenvalue weighted by Crippen LogP contribution is -2.45. The Bertz CT molecular complexity index is 596. The van der Waals surface area contributed by atoms with Crippen LogP contribution >= 0.6 is 11.3 Å². The number of aromatic carboxylic acids is 1. The van der Waals surface area contributed by atoms with Gasteiger partial charge in [0.15, 0.2) is 0 Å². The van der Waals surface area contributed by atoms with Gasteiger partial charge in [0.1, 0.15) is 9.77 Å². The highest BCUT2D eigenvalue weighted by atomic mass is 32.2. The molecule has 2 saturated heterocycles. The number of morpholine rings is 1. The van der Waals surface area contributed by atoms with E-state index in [0.29, 0.717) is 13.1 Å². The van der Waals surface area contributed by atoms with E-state index in [9.17, 15) is 13.2 Å². The van der Waals surface area contributed by atoms with Crippen molar-refractivity contribution in [1.29, 1.82) is 0 Å². The Kier molecular flexibility index (Phi) is 3.12. The number of carboxylic acids is 1. The van der Waals surface area contributed by atoms with Crippen LogP contribution in [0.25, 0.3) is 0 Å². The van der Waals surface area contributed by atoms with Crippen LogP contribution in [-0.4, -0.2) is 49.1 Å². The van der Waals surface area contributed by atoms with E-state index in [0.717, 1.165) is 24.2 Å². The van der Waals surface area contributed by atoms with Gasteiger partial charge in [-0.15, -0.1) is 11.3 Å². The Labute approximate surface area is 114 Å². The molecule has 2 fully saturated rings. The number of nitrogens with zero attached hydrogens (tertiary/aromatic N) is 1. The van der Waals surface area contributed by atoms with Crippen LogP contribution in [-0.2, 0) is 14.8 Å². The average molecular weight is 303 g/mol. The summed E-state index contributed by atoms with van der Waals surface area (Å²) in [6.07, 6.45) is 1.62. The molecule has 1 aromatic rings. The van der Waals surface area contributed by atoms with E-state index >= 15 is 0 Å². The smallest absolute Gasteiger partial charge is 0.347 e. The van der Waals surface area contributed by atoms with Crippen molar-refractivity contribution in [3.05, 3.63) is 16.3 Å². The highest BCUT2D eigenvalue weighted by Crippen LogP contribution is 2.32. The molecular formula is C11H13NO5S2. The number of sulfonamides is 1. The third-order valence-corrected chi connectivity index (χ3v) is 6.36. The lowest BCUT2D eigenvalue weighted by molar-refractivity contribution is -0.0114. The Morgan fingerprint density at radius 3 is 2.58 bits per heavy atom. The summed E-state index contributed by atoms with van der Waals surface area (Å²) in [5.41, 5.74) is 0. The van der Waals surface area contributed by atoms with Crippen LogP contribution in [0.3, 0.4) is 0 Å². The minimum absolute atomic E-state index is 0.0551. The maximum Gasteiger partial charge on any atom is 0.347 e. The minimum Gasteiger partial charge on any atom is -0.477 e. The number of thiophene rings is 1. The fraction of sp³-hybridized carbons (Fsp3) is 0.545. The number of ether oxygens (including phenoxy) is 1. The van der Waals surface area contributed by atoms with Gasteiger partial charge in [-0.25, -0.2) is 13.2 Å². The number of carboxylic acid groups (broad SMARTS) is 1. The van der Waals surface area contributed by atoms with Gasteiger partial charge in [-0.05, 0) is 24.3 Å². The second-order valence-corrected chi connectivity index (χ2v) is 7.52. The van der Waals surface area contributed by atoms with Crippen LogP contribution in [0.1, 0.15) is 22.5 Å². The molecule has 0 amide bonds.